The standard InChI is InChI=1S/C15H26O3/c1-3-5-6-7-8-9-10-11-12-14(16)13-15(17)18-4-2/h11-12H,3-10,13H2,1-2H3/b12-11+. The Balaban J connectivity index is 3.46. The lowest BCUT2D eigenvalue weighted by Gasteiger charge is -1.98. The lowest BCUT2D eigenvalue weighted by atomic mass is 10.1. The van der Waals surface area contributed by atoms with Gasteiger partial charge >= 0.3 is 5.97 Å². The van der Waals surface area contributed by atoms with Crippen molar-refractivity contribution in [3.8, 4) is 0 Å². The van der Waals surface area contributed by atoms with Crippen molar-refractivity contribution in [2.45, 2.75) is 65.2 Å². The minimum Gasteiger partial charge on any atom is -0.466 e. The molecule has 0 aliphatic rings. The molecule has 18 heavy (non-hydrogen) atoms. The highest BCUT2D eigenvalue weighted by Gasteiger charge is 2.06. The molecule has 0 amide bonds. The summed E-state index contributed by atoms with van der Waals surface area (Å²) in [4.78, 5) is 22.3. The summed E-state index contributed by atoms with van der Waals surface area (Å²) in [6.07, 6.45) is 11.6. The van der Waals surface area contributed by atoms with Gasteiger partial charge in [0.15, 0.2) is 5.78 Å². The predicted octanol–water partition coefficient (Wildman–Crippen LogP) is 3.82. The number of unbranched alkanes of at least 4 members (excludes halogenated alkanes) is 6. The van der Waals surface area contributed by atoms with Crippen molar-refractivity contribution in [3.05, 3.63) is 12.2 Å². The molecule has 104 valence electrons. The van der Waals surface area contributed by atoms with Crippen LogP contribution in [0, 0.1) is 0 Å². The summed E-state index contributed by atoms with van der Waals surface area (Å²) in [5.74, 6) is -0.605. The predicted molar refractivity (Wildman–Crippen MR) is 73.4 cm³/mol. The molecule has 0 heterocycles. The Morgan fingerprint density at radius 1 is 1.00 bits per heavy atom. The first-order chi connectivity index (χ1) is 8.70. The van der Waals surface area contributed by atoms with Crippen molar-refractivity contribution in [1.29, 1.82) is 0 Å². The van der Waals surface area contributed by atoms with Crippen molar-refractivity contribution < 1.29 is 14.3 Å². The van der Waals surface area contributed by atoms with Gasteiger partial charge in [0.05, 0.1) is 6.61 Å². The van der Waals surface area contributed by atoms with Crippen LogP contribution in [0.5, 0.6) is 0 Å². The second-order valence-electron chi connectivity index (χ2n) is 4.41. The number of carbonyl (C=O) groups is 2. The maximum absolute atomic E-state index is 11.3. The van der Waals surface area contributed by atoms with E-state index in [-0.39, 0.29) is 12.2 Å². The van der Waals surface area contributed by atoms with Crippen molar-refractivity contribution in [2.75, 3.05) is 6.61 Å². The average molecular weight is 254 g/mol. The summed E-state index contributed by atoms with van der Waals surface area (Å²) >= 11 is 0. The van der Waals surface area contributed by atoms with Crippen LogP contribution in [0.15, 0.2) is 12.2 Å². The van der Waals surface area contributed by atoms with Crippen LogP contribution in [0.3, 0.4) is 0 Å². The minimum absolute atomic E-state index is 0.138. The van der Waals surface area contributed by atoms with E-state index in [9.17, 15) is 9.59 Å². The van der Waals surface area contributed by atoms with Gasteiger partial charge in [0.2, 0.25) is 0 Å². The van der Waals surface area contributed by atoms with E-state index in [2.05, 4.69) is 6.92 Å². The van der Waals surface area contributed by atoms with Crippen LogP contribution in [0.2, 0.25) is 0 Å². The Bertz CT molecular complexity index is 256. The van der Waals surface area contributed by atoms with Crippen molar-refractivity contribution in [1.82, 2.24) is 0 Å². The first-order valence-corrected chi connectivity index (χ1v) is 7.05. The van der Waals surface area contributed by atoms with Crippen molar-refractivity contribution in [2.24, 2.45) is 0 Å². The third-order valence-corrected chi connectivity index (χ3v) is 2.65. The number of hydrogen-bond donors (Lipinski definition) is 0. The fraction of sp³-hybridized carbons (Fsp3) is 0.733. The third kappa shape index (κ3) is 11.4. The molecule has 0 bridgehead atoms. The van der Waals surface area contributed by atoms with E-state index >= 15 is 0 Å². The zero-order valence-electron chi connectivity index (χ0n) is 11.7. The first-order valence-electron chi connectivity index (χ1n) is 7.05. The summed E-state index contributed by atoms with van der Waals surface area (Å²) < 4.78 is 4.70. The van der Waals surface area contributed by atoms with Crippen LogP contribution in [0.4, 0.5) is 0 Å². The number of hydrogen-bond acceptors (Lipinski definition) is 3. The van der Waals surface area contributed by atoms with Gasteiger partial charge in [0.1, 0.15) is 6.42 Å². The van der Waals surface area contributed by atoms with Crippen molar-refractivity contribution >= 4 is 11.8 Å². The van der Waals surface area contributed by atoms with Gasteiger partial charge in [-0.25, -0.2) is 0 Å². The maximum atomic E-state index is 11.3. The molecule has 0 spiro atoms. The van der Waals surface area contributed by atoms with Gasteiger partial charge in [-0.2, -0.15) is 0 Å². The van der Waals surface area contributed by atoms with E-state index < -0.39 is 5.97 Å². The van der Waals surface area contributed by atoms with Crippen LogP contribution in [0.1, 0.15) is 65.2 Å². The Kier molecular flexibility index (Phi) is 11.6. The number of rotatable bonds is 11. The molecule has 0 N–H and O–H groups in total. The highest BCUT2D eigenvalue weighted by molar-refractivity contribution is 6.01. The Morgan fingerprint density at radius 2 is 1.67 bits per heavy atom. The smallest absolute Gasteiger partial charge is 0.313 e. The van der Waals surface area contributed by atoms with Gasteiger partial charge in [-0.15, -0.1) is 0 Å². The highest BCUT2D eigenvalue weighted by Crippen LogP contribution is 2.07. The fourth-order valence-corrected chi connectivity index (χ4v) is 1.67. The maximum Gasteiger partial charge on any atom is 0.313 e. The lowest BCUT2D eigenvalue weighted by Crippen LogP contribution is -2.09. The van der Waals surface area contributed by atoms with Gasteiger partial charge in [0.25, 0.3) is 0 Å². The second-order valence-corrected chi connectivity index (χ2v) is 4.41. The van der Waals surface area contributed by atoms with E-state index in [0.29, 0.717) is 6.61 Å². The number of ketones is 1. The Morgan fingerprint density at radius 3 is 2.33 bits per heavy atom. The summed E-state index contributed by atoms with van der Waals surface area (Å²) in [6.45, 7) is 4.27. The number of carbonyl (C=O) groups excluding carboxylic acids is 2. The molecule has 0 aromatic carbocycles. The van der Waals surface area contributed by atoms with Crippen LogP contribution in [-0.4, -0.2) is 18.4 Å². The molecule has 0 radical (unpaired) electrons. The molecular formula is C15H26O3. The molecule has 3 nitrogen and oxygen atoms in total. The SMILES string of the molecule is CCCCCCCC/C=C/C(=O)CC(=O)OCC. The number of ether oxygens (including phenoxy) is 1. The molecular weight excluding hydrogens is 228 g/mol. The van der Waals surface area contributed by atoms with Gasteiger partial charge in [-0.1, -0.05) is 45.1 Å². The molecule has 0 aliphatic carbocycles. The van der Waals surface area contributed by atoms with Crippen LogP contribution in [-0.2, 0) is 14.3 Å². The summed E-state index contributed by atoms with van der Waals surface area (Å²) in [5.41, 5.74) is 0. The zero-order valence-corrected chi connectivity index (χ0v) is 11.7. The van der Waals surface area contributed by atoms with Gasteiger partial charge < -0.3 is 4.74 Å². The molecule has 0 aliphatic heterocycles. The molecule has 0 atom stereocenters. The Hall–Kier alpha value is -1.12. The monoisotopic (exact) mass is 254 g/mol. The summed E-state index contributed by atoms with van der Waals surface area (Å²) in [6, 6.07) is 0. The van der Waals surface area contributed by atoms with Gasteiger partial charge in [-0.05, 0) is 25.8 Å². The largest absolute Gasteiger partial charge is 0.466 e. The normalized spacial score (nSPS) is 10.8. The van der Waals surface area contributed by atoms with Crippen molar-refractivity contribution in [3.63, 3.8) is 0 Å². The minimum atomic E-state index is -0.438. The van der Waals surface area contributed by atoms with Crippen LogP contribution in [0.25, 0.3) is 0 Å². The molecule has 0 aromatic rings. The van der Waals surface area contributed by atoms with Crippen LogP contribution >= 0.6 is 0 Å². The molecule has 0 saturated carbocycles. The lowest BCUT2D eigenvalue weighted by molar-refractivity contribution is -0.144. The summed E-state index contributed by atoms with van der Waals surface area (Å²) in [5, 5.41) is 0. The van der Waals surface area contributed by atoms with Gasteiger partial charge in [0, 0.05) is 0 Å². The van der Waals surface area contributed by atoms with Gasteiger partial charge in [-0.3, -0.25) is 9.59 Å². The molecule has 0 fully saturated rings. The first kappa shape index (κ1) is 16.9. The molecule has 0 saturated heterocycles. The molecule has 3 heteroatoms. The Labute approximate surface area is 111 Å². The second kappa shape index (κ2) is 12.3. The third-order valence-electron chi connectivity index (χ3n) is 2.65. The average Bonchev–Trinajstić information content (AvgIpc) is 2.32. The number of allylic oxidation sites excluding steroid dienone is 2. The van der Waals surface area contributed by atoms with Crippen LogP contribution < -0.4 is 0 Å². The zero-order chi connectivity index (χ0) is 13.6. The van der Waals surface area contributed by atoms with E-state index in [1.807, 2.05) is 6.08 Å². The molecule has 0 aromatic heterocycles. The topological polar surface area (TPSA) is 43.4 Å². The fourth-order valence-electron chi connectivity index (χ4n) is 1.67. The quantitative estimate of drug-likeness (QED) is 0.244. The van der Waals surface area contributed by atoms with E-state index in [0.717, 1.165) is 12.8 Å². The van der Waals surface area contributed by atoms with E-state index in [4.69, 9.17) is 4.74 Å². The highest BCUT2D eigenvalue weighted by atomic mass is 16.5. The number of esters is 1. The molecule has 0 rings (SSSR count). The summed E-state index contributed by atoms with van der Waals surface area (Å²) in [7, 11) is 0. The van der Waals surface area contributed by atoms with E-state index in [1.165, 1.54) is 38.2 Å². The van der Waals surface area contributed by atoms with E-state index in [1.54, 1.807) is 6.92 Å². The molecule has 0 unspecified atom stereocenters.